The molecule has 2 atom stereocenters. The molecule has 0 fully saturated rings. The van der Waals surface area contributed by atoms with Crippen molar-refractivity contribution in [2.45, 2.75) is 45.9 Å². The van der Waals surface area contributed by atoms with Crippen molar-refractivity contribution in [2.24, 2.45) is 5.92 Å². The summed E-state index contributed by atoms with van der Waals surface area (Å²) in [7, 11) is -1.07. The third-order valence-corrected chi connectivity index (χ3v) is 5.06. The van der Waals surface area contributed by atoms with Gasteiger partial charge in [-0.1, -0.05) is 19.9 Å². The molecule has 2 rings (SSSR count). The average Bonchev–Trinajstić information content (AvgIpc) is 3.00. The summed E-state index contributed by atoms with van der Waals surface area (Å²) in [6, 6.07) is 3.35. The van der Waals surface area contributed by atoms with E-state index in [-0.39, 0.29) is 19.1 Å². The molecular formula is C18H26BNO7. The van der Waals surface area contributed by atoms with Crippen LogP contribution in [0, 0.1) is 12.8 Å². The van der Waals surface area contributed by atoms with Crippen LogP contribution in [0.25, 0.3) is 0 Å². The lowest BCUT2D eigenvalue weighted by Crippen LogP contribution is -2.57. The predicted molar refractivity (Wildman–Crippen MR) is 98.3 cm³/mol. The molecule has 1 aliphatic heterocycles. The number of aliphatic hydroxyl groups excluding tert-OH is 2. The highest BCUT2D eigenvalue weighted by Crippen LogP contribution is 2.22. The second-order valence-corrected chi connectivity index (χ2v) is 7.22. The summed E-state index contributed by atoms with van der Waals surface area (Å²) in [4.78, 5) is 25.4. The van der Waals surface area contributed by atoms with Crippen molar-refractivity contribution in [1.29, 1.82) is 0 Å². The lowest BCUT2D eigenvalue weighted by molar-refractivity contribution is -0.156. The van der Waals surface area contributed by atoms with Gasteiger partial charge in [-0.3, -0.25) is 4.79 Å². The van der Waals surface area contributed by atoms with E-state index in [0.29, 0.717) is 16.6 Å². The number of rotatable bonds is 7. The molecule has 0 bridgehead atoms. The standard InChI is InChI=1S/C18H26BNO7/c1-10(2)18(4,17(24)26-9-13(22)7-21)20-16(23)14-6-5-12-8-27-19(25)15(12)11(14)3/h5-6,10,13,21-22,25H,7-9H2,1-4H3,(H,20,23)/t13-,18+/m0/s1. The van der Waals surface area contributed by atoms with Gasteiger partial charge >= 0.3 is 13.1 Å². The molecular weight excluding hydrogens is 353 g/mol. The van der Waals surface area contributed by atoms with E-state index in [1.807, 2.05) is 0 Å². The van der Waals surface area contributed by atoms with Gasteiger partial charge in [0.05, 0.1) is 13.2 Å². The number of esters is 1. The maximum Gasteiger partial charge on any atom is 0.492 e. The summed E-state index contributed by atoms with van der Waals surface area (Å²) in [5.41, 5.74) is 0.967. The molecule has 0 saturated carbocycles. The Morgan fingerprint density at radius 2 is 2.07 bits per heavy atom. The number of hydrogen-bond acceptors (Lipinski definition) is 7. The molecule has 1 aromatic rings. The van der Waals surface area contributed by atoms with Crippen LogP contribution in [0.5, 0.6) is 0 Å². The van der Waals surface area contributed by atoms with Crippen LogP contribution in [0.2, 0.25) is 0 Å². The topological polar surface area (TPSA) is 125 Å². The number of ether oxygens (including phenoxy) is 1. The van der Waals surface area contributed by atoms with Crippen molar-refractivity contribution in [2.75, 3.05) is 13.2 Å². The van der Waals surface area contributed by atoms with Crippen molar-refractivity contribution in [3.8, 4) is 0 Å². The van der Waals surface area contributed by atoms with Crippen LogP contribution in [-0.2, 0) is 20.8 Å². The fourth-order valence-electron chi connectivity index (χ4n) is 2.86. The van der Waals surface area contributed by atoms with Crippen molar-refractivity contribution >= 4 is 24.5 Å². The molecule has 1 aromatic carbocycles. The van der Waals surface area contributed by atoms with Gasteiger partial charge in [0.2, 0.25) is 0 Å². The maximum atomic E-state index is 12.9. The van der Waals surface area contributed by atoms with E-state index >= 15 is 0 Å². The number of aliphatic hydroxyl groups is 2. The highest BCUT2D eigenvalue weighted by molar-refractivity contribution is 6.62. The largest absolute Gasteiger partial charge is 0.492 e. The zero-order valence-electron chi connectivity index (χ0n) is 16.0. The zero-order chi connectivity index (χ0) is 20.4. The van der Waals surface area contributed by atoms with Crippen LogP contribution >= 0.6 is 0 Å². The Morgan fingerprint density at radius 1 is 1.41 bits per heavy atom. The summed E-state index contributed by atoms with van der Waals surface area (Å²) in [5.74, 6) is -1.49. The minimum absolute atomic E-state index is 0.280. The van der Waals surface area contributed by atoms with Crippen molar-refractivity contribution in [3.05, 3.63) is 28.8 Å². The molecule has 0 aliphatic carbocycles. The Bertz CT molecular complexity index is 724. The van der Waals surface area contributed by atoms with Gasteiger partial charge in [-0.05, 0) is 42.4 Å². The van der Waals surface area contributed by atoms with Gasteiger partial charge in [-0.15, -0.1) is 0 Å². The highest BCUT2D eigenvalue weighted by Gasteiger charge is 2.41. The van der Waals surface area contributed by atoms with Gasteiger partial charge in [-0.2, -0.15) is 0 Å². The Balaban J connectivity index is 2.23. The summed E-state index contributed by atoms with van der Waals surface area (Å²) in [6.45, 7) is 6.17. The fraction of sp³-hybridized carbons (Fsp3) is 0.556. The van der Waals surface area contributed by atoms with Crippen molar-refractivity contribution in [3.63, 3.8) is 0 Å². The molecule has 1 aliphatic rings. The number of fused-ring (bicyclic) bond motifs is 1. The quantitative estimate of drug-likeness (QED) is 0.363. The van der Waals surface area contributed by atoms with E-state index in [0.717, 1.165) is 5.56 Å². The van der Waals surface area contributed by atoms with Crippen LogP contribution in [-0.4, -0.2) is 59.1 Å². The van der Waals surface area contributed by atoms with Crippen LogP contribution in [0.3, 0.4) is 0 Å². The number of nitrogens with one attached hydrogen (secondary N) is 1. The van der Waals surface area contributed by atoms with Crippen LogP contribution < -0.4 is 10.8 Å². The summed E-state index contributed by atoms with van der Waals surface area (Å²) in [6.07, 6.45) is -1.18. The van der Waals surface area contributed by atoms with E-state index in [4.69, 9.17) is 14.5 Å². The average molecular weight is 379 g/mol. The van der Waals surface area contributed by atoms with Crippen LogP contribution in [0.1, 0.15) is 42.3 Å². The Labute approximate surface area is 158 Å². The first-order valence-corrected chi connectivity index (χ1v) is 8.82. The molecule has 1 heterocycles. The van der Waals surface area contributed by atoms with E-state index in [1.165, 1.54) is 0 Å². The predicted octanol–water partition coefficient (Wildman–Crippen LogP) is -0.746. The highest BCUT2D eigenvalue weighted by atomic mass is 16.5. The number of hydrogen-bond donors (Lipinski definition) is 4. The number of amides is 1. The molecule has 8 nitrogen and oxygen atoms in total. The van der Waals surface area contributed by atoms with Crippen LogP contribution in [0.15, 0.2) is 12.1 Å². The Morgan fingerprint density at radius 3 is 2.67 bits per heavy atom. The van der Waals surface area contributed by atoms with E-state index in [1.54, 1.807) is 39.8 Å². The smallest absolute Gasteiger partial charge is 0.461 e. The third kappa shape index (κ3) is 4.32. The molecule has 0 spiro atoms. The molecule has 27 heavy (non-hydrogen) atoms. The summed E-state index contributed by atoms with van der Waals surface area (Å²) >= 11 is 0. The van der Waals surface area contributed by atoms with Crippen LogP contribution in [0.4, 0.5) is 0 Å². The van der Waals surface area contributed by atoms with Gasteiger partial charge in [0.1, 0.15) is 18.2 Å². The maximum absolute atomic E-state index is 12.9. The number of benzene rings is 1. The van der Waals surface area contributed by atoms with Crippen molar-refractivity contribution in [1.82, 2.24) is 5.32 Å². The minimum Gasteiger partial charge on any atom is -0.461 e. The Kier molecular flexibility index (Phi) is 6.64. The summed E-state index contributed by atoms with van der Waals surface area (Å²) in [5, 5.41) is 30.9. The van der Waals surface area contributed by atoms with E-state index in [9.17, 15) is 19.7 Å². The van der Waals surface area contributed by atoms with Gasteiger partial charge in [-0.25, -0.2) is 4.79 Å². The second-order valence-electron chi connectivity index (χ2n) is 7.22. The van der Waals surface area contributed by atoms with Gasteiger partial charge in [0.15, 0.2) is 0 Å². The molecule has 0 saturated heterocycles. The first-order chi connectivity index (χ1) is 12.6. The SMILES string of the molecule is Cc1c(C(=O)N[C@@](C)(C(=O)OC[C@@H](O)CO)C(C)C)ccc2c1B(O)OC2. The minimum atomic E-state index is -1.34. The first-order valence-electron chi connectivity index (χ1n) is 8.82. The monoisotopic (exact) mass is 379 g/mol. The van der Waals surface area contributed by atoms with Crippen molar-refractivity contribution < 1.29 is 34.2 Å². The molecule has 0 unspecified atom stereocenters. The molecule has 0 radical (unpaired) electrons. The molecule has 4 N–H and O–H groups in total. The second kappa shape index (κ2) is 8.39. The fourth-order valence-corrected chi connectivity index (χ4v) is 2.86. The van der Waals surface area contributed by atoms with Gasteiger partial charge in [0.25, 0.3) is 5.91 Å². The van der Waals surface area contributed by atoms with Gasteiger partial charge in [0, 0.05) is 5.56 Å². The molecule has 1 amide bonds. The molecule has 0 aromatic heterocycles. The third-order valence-electron chi connectivity index (χ3n) is 5.06. The molecule has 9 heteroatoms. The number of carbonyl (C=O) groups excluding carboxylic acids is 2. The van der Waals surface area contributed by atoms with Gasteiger partial charge < -0.3 is 29.9 Å². The van der Waals surface area contributed by atoms with E-state index < -0.39 is 37.2 Å². The normalized spacial score (nSPS) is 16.7. The lowest BCUT2D eigenvalue weighted by atomic mass is 9.75. The van der Waals surface area contributed by atoms with E-state index in [2.05, 4.69) is 5.32 Å². The zero-order valence-corrected chi connectivity index (χ0v) is 16.0. The lowest BCUT2D eigenvalue weighted by Gasteiger charge is -2.32. The number of carbonyl (C=O) groups is 2. The molecule has 148 valence electrons. The first kappa shape index (κ1) is 21.4. The summed E-state index contributed by atoms with van der Waals surface area (Å²) < 4.78 is 10.2. The Hall–Kier alpha value is -1.94.